The summed E-state index contributed by atoms with van der Waals surface area (Å²) in [5.74, 6) is -17.5. The summed E-state index contributed by atoms with van der Waals surface area (Å²) in [4.78, 5) is 207. The van der Waals surface area contributed by atoms with E-state index in [0.29, 0.717) is 44.9 Å². The molecule has 36 heteroatoms. The van der Waals surface area contributed by atoms with Crippen molar-refractivity contribution >= 4 is 133 Å². The maximum atomic E-state index is 15.0. The van der Waals surface area contributed by atoms with E-state index in [2.05, 4.69) is 79.1 Å². The number of rotatable bonds is 22. The largest absolute Gasteiger partial charge is 0.481 e. The van der Waals surface area contributed by atoms with Crippen molar-refractivity contribution in [3.8, 4) is 0 Å². The number of unbranched alkanes of at least 4 members (excludes halogenated alkanes) is 1. The minimum absolute atomic E-state index is 0.000984. The summed E-state index contributed by atoms with van der Waals surface area (Å²) in [6.07, 6.45) is 2.06. The molecular formula is C77H105N19O16S. The molecule has 0 saturated carbocycles. The number of carboxylic acid groups (broad SMARTS) is 1. The minimum Gasteiger partial charge on any atom is -0.481 e. The van der Waals surface area contributed by atoms with Crippen molar-refractivity contribution in [1.82, 2.24) is 79.1 Å². The van der Waals surface area contributed by atoms with Crippen LogP contribution in [0.2, 0.25) is 0 Å². The fraction of sp³-hybridized carbons (Fsp3) is 0.468. The van der Waals surface area contributed by atoms with Crippen LogP contribution in [-0.2, 0) is 86.4 Å². The highest BCUT2D eigenvalue weighted by Crippen LogP contribution is 2.24. The number of carbonyl (C=O) groups is 14. The molecule has 0 spiro atoms. The number of aliphatic carboxylic acids is 1. The van der Waals surface area contributed by atoms with Gasteiger partial charge in [0.25, 0.3) is 0 Å². The van der Waals surface area contributed by atoms with E-state index < -0.39 is 198 Å². The summed E-state index contributed by atoms with van der Waals surface area (Å²) in [5.41, 5.74) is 20.2. The number of nitrogens with one attached hydrogen (secondary N) is 16. The lowest BCUT2D eigenvalue weighted by Gasteiger charge is -2.29. The predicted molar refractivity (Wildman–Crippen MR) is 423 cm³/mol. The summed E-state index contributed by atoms with van der Waals surface area (Å²) in [5, 5.41) is 65.1. The van der Waals surface area contributed by atoms with Gasteiger partial charge in [-0.25, -0.2) is 0 Å². The first-order valence-corrected chi connectivity index (χ1v) is 38.7. The molecule has 6 aromatic rings. The smallest absolute Gasteiger partial charge is 0.305 e. The fourth-order valence-electron chi connectivity index (χ4n) is 12.8. The van der Waals surface area contributed by atoms with Crippen LogP contribution in [0.15, 0.2) is 103 Å². The number of carbonyl (C=O) groups excluding carboxylic acids is 13. The van der Waals surface area contributed by atoms with E-state index in [1.165, 1.54) is 0 Å². The first kappa shape index (κ1) is 88.6. The van der Waals surface area contributed by atoms with E-state index in [0.717, 1.165) is 22.5 Å². The number of fused-ring (bicyclic) bond motifs is 3. The molecule has 1 fully saturated rings. The number of guanidine groups is 1. The third-order valence-corrected chi connectivity index (χ3v) is 20.3. The van der Waals surface area contributed by atoms with Crippen LogP contribution in [0.25, 0.3) is 32.6 Å². The van der Waals surface area contributed by atoms with Gasteiger partial charge in [-0.3, -0.25) is 72.5 Å². The molecule has 113 heavy (non-hydrogen) atoms. The van der Waals surface area contributed by atoms with Gasteiger partial charge in [0.2, 0.25) is 76.8 Å². The van der Waals surface area contributed by atoms with Crippen LogP contribution in [0.3, 0.4) is 0 Å². The van der Waals surface area contributed by atoms with Crippen LogP contribution in [0, 0.1) is 23.2 Å². The lowest BCUT2D eigenvalue weighted by atomic mass is 9.96. The van der Waals surface area contributed by atoms with Crippen molar-refractivity contribution in [3.63, 3.8) is 0 Å². The monoisotopic (exact) mass is 1580 g/mol. The lowest BCUT2D eigenvalue weighted by Crippen LogP contribution is -2.62. The Hall–Kier alpha value is -11.7. The number of hydrogen-bond donors (Lipinski definition) is 21. The van der Waals surface area contributed by atoms with Gasteiger partial charge in [0.1, 0.15) is 66.5 Å². The van der Waals surface area contributed by atoms with Gasteiger partial charge in [0.05, 0.1) is 25.3 Å². The summed E-state index contributed by atoms with van der Waals surface area (Å²) in [6.45, 7) is 7.95. The zero-order valence-electron chi connectivity index (χ0n) is 64.0. The number of amides is 13. The molecule has 7 rings (SSSR count). The molecule has 13 amide bonds. The van der Waals surface area contributed by atoms with Gasteiger partial charge in [0.15, 0.2) is 5.96 Å². The van der Waals surface area contributed by atoms with Crippen molar-refractivity contribution in [2.45, 2.75) is 172 Å². The van der Waals surface area contributed by atoms with Crippen LogP contribution < -0.4 is 86.3 Å². The number of H-pyrrole nitrogens is 2. The molecule has 0 bridgehead atoms. The minimum atomic E-state index is -1.99. The zero-order valence-corrected chi connectivity index (χ0v) is 64.8. The second kappa shape index (κ2) is 43.2. The number of benzene rings is 4. The molecule has 1 aliphatic heterocycles. The van der Waals surface area contributed by atoms with Crippen molar-refractivity contribution in [2.24, 2.45) is 35.0 Å². The number of aromatic amines is 2. The highest BCUT2D eigenvalue weighted by Gasteiger charge is 2.39. The number of nitrogens with two attached hydrogens (primary N) is 3. The number of hydrogen-bond acceptors (Lipinski definition) is 18. The number of para-hydroxylation sites is 2. The van der Waals surface area contributed by atoms with Crippen LogP contribution in [0.1, 0.15) is 103 Å². The third-order valence-electron chi connectivity index (χ3n) is 19.3. The van der Waals surface area contributed by atoms with Crippen LogP contribution in [-0.4, -0.2) is 213 Å². The van der Waals surface area contributed by atoms with E-state index in [1.54, 1.807) is 109 Å². The van der Waals surface area contributed by atoms with Gasteiger partial charge in [0, 0.05) is 65.8 Å². The molecule has 3 heterocycles. The Labute approximate surface area is 656 Å². The second-order valence-corrected chi connectivity index (χ2v) is 29.7. The van der Waals surface area contributed by atoms with Gasteiger partial charge in [-0.15, -0.1) is 11.8 Å². The highest BCUT2D eigenvalue weighted by atomic mass is 32.2. The topological polar surface area (TPSA) is 569 Å². The first-order chi connectivity index (χ1) is 53.9. The van der Waals surface area contributed by atoms with Gasteiger partial charge >= 0.3 is 5.97 Å². The Balaban J connectivity index is 1.26. The van der Waals surface area contributed by atoms with E-state index >= 15 is 14.4 Å². The Morgan fingerprint density at radius 2 is 0.991 bits per heavy atom. The number of aromatic nitrogens is 2. The maximum absolute atomic E-state index is 15.0. The Bertz CT molecular complexity index is 4400. The van der Waals surface area contributed by atoms with Gasteiger partial charge in [-0.1, -0.05) is 127 Å². The van der Waals surface area contributed by atoms with Crippen LogP contribution in [0.5, 0.6) is 0 Å². The van der Waals surface area contributed by atoms with Crippen molar-refractivity contribution < 1.29 is 77.3 Å². The second-order valence-electron chi connectivity index (χ2n) is 28.6. The van der Waals surface area contributed by atoms with E-state index in [1.807, 2.05) is 36.4 Å². The van der Waals surface area contributed by atoms with E-state index in [-0.39, 0.29) is 70.2 Å². The Morgan fingerprint density at radius 3 is 1.53 bits per heavy atom. The maximum Gasteiger partial charge on any atom is 0.305 e. The standard InChI is InChI=1S/C77H105N19O16S/c1-7-42(6)65-76(112)92-58(37-97)67(103)85-36-60(98)86-52(24-16-28-82-77(80)81)68(104)91-57(33-62(100)101)70(106)90-56(32-47-35-84-51-22-13-11-20-49(47)51)73(109)94-63(40(2)3)74(110)88-53(23-14-15-27-78)69(105)89-55(31-46-34-83-50-21-12-10-19-48(46)50)72(108)95-64(41(4)5)75(111)93-59(66(79)102)38-113-39-61(99)87-54(71(107)96-65)30-43-25-26-44-17-8-9-18-45(44)29-43/h8-13,17-22,25-26,29,34-35,40-42,52-59,63-65,83-84,97H,7,14-16,23-24,27-28,30-33,36-39,78H2,1-6H3,(H2,79,102)(H,85,103)(H,86,98)(H,87,99)(H,88,110)(H,89,105)(H,90,106)(H,91,104)(H,92,112)(H,93,111)(H,94,109)(H,95,108)(H,96,107)(H,100,101)(H4,80,81,82)/t42-,52-,53-,54-,55+,56-,57-,58-,59-,63-,64-,65-/m0/s1. The lowest BCUT2D eigenvalue weighted by molar-refractivity contribution is -0.141. The van der Waals surface area contributed by atoms with Gasteiger partial charge < -0.3 is 107 Å². The SMILES string of the molecule is CC[C@H](C)[C@@H]1NC(=O)[C@H](Cc2ccc3ccccc3c2)NC(=O)CSC[C@@H](C(N)=O)NC(=O)[C@H](C(C)C)NC(=O)[C@@H](Cc2c[nH]c3ccccc23)NC(=O)[C@H](CCCCN)NC(=O)[C@H](C(C)C)NC(=O)[C@H](Cc2c[nH]c3ccccc23)NC(=O)[C@H](CC(=O)O)NC(=O)[C@H](CCCNC(=N)N)NC(=O)CNC(=O)[C@H](CO)NC1=O. The van der Waals surface area contributed by atoms with Crippen LogP contribution in [0.4, 0.5) is 0 Å². The average molecular weight is 1580 g/mol. The van der Waals surface area contributed by atoms with Crippen molar-refractivity contribution in [2.75, 3.05) is 37.7 Å². The van der Waals surface area contributed by atoms with E-state index in [9.17, 15) is 63.0 Å². The molecule has 12 atom stereocenters. The summed E-state index contributed by atoms with van der Waals surface area (Å²) in [6, 6.07) is 9.74. The molecule has 0 aliphatic carbocycles. The first-order valence-electron chi connectivity index (χ1n) is 37.5. The van der Waals surface area contributed by atoms with Crippen molar-refractivity contribution in [1.29, 1.82) is 5.41 Å². The van der Waals surface area contributed by atoms with Gasteiger partial charge in [-0.2, -0.15) is 0 Å². The normalized spacial score (nSPS) is 23.1. The predicted octanol–water partition coefficient (Wildman–Crippen LogP) is -1.27. The number of thioether (sulfide) groups is 1. The third kappa shape index (κ3) is 26.5. The summed E-state index contributed by atoms with van der Waals surface area (Å²) in [7, 11) is 0. The Morgan fingerprint density at radius 1 is 0.522 bits per heavy atom. The van der Waals surface area contributed by atoms with Crippen LogP contribution >= 0.6 is 11.8 Å². The Kier molecular flexibility index (Phi) is 33.9. The number of carboxylic acids is 1. The highest BCUT2D eigenvalue weighted by molar-refractivity contribution is 8.00. The molecule has 1 aliphatic rings. The molecule has 24 N–H and O–H groups in total. The fourth-order valence-corrected chi connectivity index (χ4v) is 13.6. The number of aliphatic hydroxyl groups excluding tert-OH is 1. The molecule has 610 valence electrons. The molecular weight excluding hydrogens is 1480 g/mol. The average Bonchev–Trinajstić information content (AvgIpc) is 1.76. The molecule has 0 unspecified atom stereocenters. The van der Waals surface area contributed by atoms with E-state index in [4.69, 9.17) is 22.6 Å². The quantitative estimate of drug-likeness (QED) is 0.0214. The molecule has 1 saturated heterocycles. The number of aliphatic hydroxyl groups is 1. The molecule has 2 aromatic heterocycles. The molecule has 4 aromatic carbocycles. The zero-order chi connectivity index (χ0) is 82.6. The summed E-state index contributed by atoms with van der Waals surface area (Å²) >= 11 is 0.862. The van der Waals surface area contributed by atoms with Crippen molar-refractivity contribution in [3.05, 3.63) is 120 Å². The molecule has 0 radical (unpaired) electrons. The molecule has 35 nitrogen and oxygen atoms in total. The summed E-state index contributed by atoms with van der Waals surface area (Å²) < 4.78 is 0. The number of primary amides is 1. The van der Waals surface area contributed by atoms with Gasteiger partial charge in [-0.05, 0) is 96.0 Å².